The molecule has 2 aromatic heterocycles. The van der Waals surface area contributed by atoms with Crippen LogP contribution in [0.2, 0.25) is 0 Å². The molecule has 0 saturated heterocycles. The second-order valence-corrected chi connectivity index (χ2v) is 7.61. The topological polar surface area (TPSA) is 75.2 Å². The monoisotopic (exact) mass is 403 g/mol. The normalized spacial score (nSPS) is 11.6. The summed E-state index contributed by atoms with van der Waals surface area (Å²) in [5.74, 6) is 3.34. The van der Waals surface area contributed by atoms with Gasteiger partial charge in [0, 0.05) is 18.5 Å². The minimum absolute atomic E-state index is 0.431. The zero-order chi connectivity index (χ0) is 21.1. The highest BCUT2D eigenvalue weighted by Gasteiger charge is 2.18. The summed E-state index contributed by atoms with van der Waals surface area (Å²) in [6.07, 6.45) is 0. The molecule has 0 spiro atoms. The van der Waals surface area contributed by atoms with Crippen molar-refractivity contribution in [1.29, 1.82) is 0 Å². The van der Waals surface area contributed by atoms with Crippen molar-refractivity contribution in [2.45, 2.75) is 40.5 Å². The Balaban J connectivity index is 1.81. The third-order valence-corrected chi connectivity index (χ3v) is 4.91. The number of nitrogen functional groups attached to an aromatic ring is 1. The lowest BCUT2D eigenvalue weighted by Crippen LogP contribution is -2.09. The third kappa shape index (κ3) is 4.09. The Morgan fingerprint density at radius 3 is 2.57 bits per heavy atom. The van der Waals surface area contributed by atoms with Crippen LogP contribution in [0.25, 0.3) is 21.9 Å². The molecule has 4 aromatic rings. The van der Waals surface area contributed by atoms with Crippen molar-refractivity contribution in [3.8, 4) is 5.75 Å². The fourth-order valence-corrected chi connectivity index (χ4v) is 3.56. The number of anilines is 1. The van der Waals surface area contributed by atoms with E-state index in [1.807, 2.05) is 43.3 Å². The summed E-state index contributed by atoms with van der Waals surface area (Å²) in [4.78, 5) is 9.35. The first-order valence-electron chi connectivity index (χ1n) is 10.2. The number of imidazole rings is 1. The summed E-state index contributed by atoms with van der Waals surface area (Å²) in [5, 5.41) is 0.973. The van der Waals surface area contributed by atoms with Crippen molar-refractivity contribution in [3.63, 3.8) is 0 Å². The summed E-state index contributed by atoms with van der Waals surface area (Å²) in [5.41, 5.74) is 9.90. The van der Waals surface area contributed by atoms with Crippen LogP contribution in [0.15, 0.2) is 48.5 Å². The van der Waals surface area contributed by atoms with Crippen molar-refractivity contribution in [2.24, 2.45) is 0 Å². The Hall–Kier alpha value is -3.12. The van der Waals surface area contributed by atoms with Crippen molar-refractivity contribution in [3.05, 3.63) is 65.8 Å². The van der Waals surface area contributed by atoms with Crippen molar-refractivity contribution < 1.29 is 9.47 Å². The minimum Gasteiger partial charge on any atom is -0.489 e. The first-order valence-corrected chi connectivity index (χ1v) is 10.2. The van der Waals surface area contributed by atoms with E-state index in [9.17, 15) is 0 Å². The van der Waals surface area contributed by atoms with Gasteiger partial charge in [0.1, 0.15) is 30.3 Å². The van der Waals surface area contributed by atoms with E-state index < -0.39 is 0 Å². The van der Waals surface area contributed by atoms with Gasteiger partial charge in [-0.2, -0.15) is 0 Å². The fourth-order valence-electron chi connectivity index (χ4n) is 3.56. The van der Waals surface area contributed by atoms with Crippen LogP contribution < -0.4 is 10.5 Å². The number of rotatable bonds is 8. The van der Waals surface area contributed by atoms with E-state index in [1.54, 1.807) is 0 Å². The number of hydrogen-bond donors (Lipinski definition) is 1. The molecule has 0 saturated carbocycles. The van der Waals surface area contributed by atoms with Gasteiger partial charge in [0.15, 0.2) is 5.82 Å². The van der Waals surface area contributed by atoms with E-state index >= 15 is 0 Å². The number of aromatic nitrogens is 3. The zero-order valence-electron chi connectivity index (χ0n) is 17.7. The number of nitrogens with zero attached hydrogens (tertiary/aromatic N) is 3. The highest BCUT2D eigenvalue weighted by atomic mass is 16.5. The maximum Gasteiger partial charge on any atom is 0.152 e. The predicted octanol–water partition coefficient (Wildman–Crippen LogP) is 4.90. The van der Waals surface area contributed by atoms with E-state index in [-0.39, 0.29) is 0 Å². The molecule has 6 heteroatoms. The Bertz CT molecular complexity index is 1150. The lowest BCUT2D eigenvalue weighted by atomic mass is 10.1. The van der Waals surface area contributed by atoms with Gasteiger partial charge in [-0.1, -0.05) is 44.2 Å². The molecule has 0 fully saturated rings. The van der Waals surface area contributed by atoms with Crippen LogP contribution in [-0.4, -0.2) is 21.1 Å². The molecule has 0 atom stereocenters. The van der Waals surface area contributed by atoms with Crippen molar-refractivity contribution >= 4 is 27.8 Å². The largest absolute Gasteiger partial charge is 0.489 e. The quantitative estimate of drug-likeness (QED) is 0.453. The number of pyridine rings is 1. The van der Waals surface area contributed by atoms with Crippen LogP contribution in [0.3, 0.4) is 0 Å². The van der Waals surface area contributed by atoms with Crippen LogP contribution in [0.5, 0.6) is 5.75 Å². The van der Waals surface area contributed by atoms with E-state index in [4.69, 9.17) is 20.2 Å². The predicted molar refractivity (Wildman–Crippen MR) is 120 cm³/mol. The first-order chi connectivity index (χ1) is 14.6. The standard InChI is InChI=1S/C24H27N4O2/c1-4-29-15-21-27-22-23(28(21)13-16(2)3)19-12-18(10-11-20(19)26-24(22)25)30-14-17-8-6-5-7-9-17/h5-12H,4,13-15H2,1-3H3,(H2,25,26). The average molecular weight is 404 g/mol. The molecule has 0 unspecified atom stereocenters. The molecule has 30 heavy (non-hydrogen) atoms. The highest BCUT2D eigenvalue weighted by Crippen LogP contribution is 2.32. The first kappa shape index (κ1) is 20.2. The molecule has 2 aromatic carbocycles. The molecule has 155 valence electrons. The van der Waals surface area contributed by atoms with Crippen molar-refractivity contribution in [1.82, 2.24) is 14.5 Å². The number of fused-ring (bicyclic) bond motifs is 3. The molecule has 0 aliphatic rings. The van der Waals surface area contributed by atoms with Crippen LogP contribution in [-0.2, 0) is 24.5 Å². The molecule has 0 aliphatic heterocycles. The number of nitrogens with two attached hydrogens (primary N) is 1. The molecule has 2 N–H and O–H groups in total. The number of hydrogen-bond acceptors (Lipinski definition) is 5. The molecule has 0 amide bonds. The fraction of sp³-hybridized carbons (Fsp3) is 0.292. The lowest BCUT2D eigenvalue weighted by Gasteiger charge is -2.13. The smallest absolute Gasteiger partial charge is 0.152 e. The lowest BCUT2D eigenvalue weighted by molar-refractivity contribution is 0.126. The molecule has 0 bridgehead atoms. The van der Waals surface area contributed by atoms with Crippen LogP contribution >= 0.6 is 0 Å². The van der Waals surface area contributed by atoms with Gasteiger partial charge in [-0.25, -0.2) is 9.97 Å². The van der Waals surface area contributed by atoms with Crippen LogP contribution in [0.1, 0.15) is 32.2 Å². The second-order valence-electron chi connectivity index (χ2n) is 7.61. The summed E-state index contributed by atoms with van der Waals surface area (Å²) in [7, 11) is 0. The Kier molecular flexibility index (Phi) is 5.86. The summed E-state index contributed by atoms with van der Waals surface area (Å²) in [6.45, 7) is 8.51. The van der Waals surface area contributed by atoms with Gasteiger partial charge in [-0.15, -0.1) is 0 Å². The zero-order valence-corrected chi connectivity index (χ0v) is 17.7. The average Bonchev–Trinajstić information content (AvgIpc) is 3.10. The SMILES string of the molecule is CCOCc1nc2c(N)nc3ccc(OCc4ccccc4)cc3c2n1C[C](C)C. The molecule has 2 heterocycles. The van der Waals surface area contributed by atoms with E-state index in [0.717, 1.165) is 40.1 Å². The molecular formula is C24H27N4O2. The van der Waals surface area contributed by atoms with Gasteiger partial charge >= 0.3 is 0 Å². The summed E-state index contributed by atoms with van der Waals surface area (Å²) < 4.78 is 13.9. The molecule has 4 rings (SSSR count). The van der Waals surface area contributed by atoms with E-state index in [2.05, 4.69) is 35.5 Å². The van der Waals surface area contributed by atoms with Crippen LogP contribution in [0.4, 0.5) is 5.82 Å². The van der Waals surface area contributed by atoms with Gasteiger partial charge in [0.25, 0.3) is 0 Å². The Morgan fingerprint density at radius 2 is 1.83 bits per heavy atom. The van der Waals surface area contributed by atoms with Crippen molar-refractivity contribution in [2.75, 3.05) is 12.3 Å². The molecule has 0 aliphatic carbocycles. The second kappa shape index (κ2) is 8.71. The van der Waals surface area contributed by atoms with Gasteiger partial charge in [-0.05, 0) is 36.6 Å². The maximum absolute atomic E-state index is 6.27. The minimum atomic E-state index is 0.431. The Morgan fingerprint density at radius 1 is 1.03 bits per heavy atom. The highest BCUT2D eigenvalue weighted by molar-refractivity contribution is 6.07. The van der Waals surface area contributed by atoms with Gasteiger partial charge in [0.05, 0.1) is 11.0 Å². The van der Waals surface area contributed by atoms with E-state index in [0.29, 0.717) is 31.2 Å². The van der Waals surface area contributed by atoms with Gasteiger partial charge in [0.2, 0.25) is 0 Å². The third-order valence-electron chi connectivity index (χ3n) is 4.91. The van der Waals surface area contributed by atoms with Crippen LogP contribution in [0, 0.1) is 5.92 Å². The molecule has 6 nitrogen and oxygen atoms in total. The number of benzene rings is 2. The number of ether oxygens (including phenoxy) is 2. The Labute approximate surface area is 176 Å². The van der Waals surface area contributed by atoms with E-state index in [1.165, 1.54) is 5.92 Å². The maximum atomic E-state index is 6.27. The summed E-state index contributed by atoms with van der Waals surface area (Å²) in [6, 6.07) is 16.0. The van der Waals surface area contributed by atoms with Gasteiger partial charge in [-0.3, -0.25) is 0 Å². The molecule has 1 radical (unpaired) electrons. The molecular weight excluding hydrogens is 376 g/mol. The summed E-state index contributed by atoms with van der Waals surface area (Å²) >= 11 is 0. The van der Waals surface area contributed by atoms with Gasteiger partial charge < -0.3 is 19.8 Å².